The third kappa shape index (κ3) is 117. The Balaban J connectivity index is 0. The van der Waals surface area contributed by atoms with Crippen molar-refractivity contribution in [3.63, 3.8) is 0 Å². The zero-order chi connectivity index (χ0) is 6.28. The SMILES string of the molecule is O=[S-](=O)Cl.[Cl][Fe+][Cl]. The van der Waals surface area contributed by atoms with E-state index in [0.717, 1.165) is 0 Å². The quantitative estimate of drug-likeness (QED) is 0.359. The summed E-state index contributed by atoms with van der Waals surface area (Å²) in [6.07, 6.45) is 0. The molecule has 0 saturated heterocycles. The van der Waals surface area contributed by atoms with Gasteiger partial charge in [-0.3, -0.25) is 0 Å². The first kappa shape index (κ1) is 11.2. The minimum absolute atomic E-state index is 0.194. The van der Waals surface area contributed by atoms with E-state index in [4.69, 9.17) is 28.6 Å². The Morgan fingerprint density at radius 2 is 1.29 bits per heavy atom. The summed E-state index contributed by atoms with van der Waals surface area (Å²) < 4.78 is 17.5. The first-order valence-corrected chi connectivity index (χ1v) is 5.69. The summed E-state index contributed by atoms with van der Waals surface area (Å²) in [4.78, 5) is 0. The third-order valence-corrected chi connectivity index (χ3v) is 0. The van der Waals surface area contributed by atoms with E-state index < -0.39 is 9.92 Å². The molecule has 7 heteroatoms. The molecule has 0 aromatic rings. The van der Waals surface area contributed by atoms with E-state index in [2.05, 4.69) is 10.7 Å². The molecule has 0 fully saturated rings. The van der Waals surface area contributed by atoms with Gasteiger partial charge in [-0.2, -0.15) is 10.7 Å². The Kier molecular flexibility index (Phi) is 16.5. The van der Waals surface area contributed by atoms with Crippen LogP contribution >= 0.6 is 30.9 Å². The Bertz CT molecular complexity index is 71.0. The van der Waals surface area contributed by atoms with E-state index in [0.29, 0.717) is 0 Å². The average Bonchev–Trinajstić information content (AvgIpc) is 1.33. The molecule has 0 atom stereocenters. The molecule has 0 aromatic heterocycles. The van der Waals surface area contributed by atoms with Crippen molar-refractivity contribution in [2.24, 2.45) is 0 Å². The maximum atomic E-state index is 8.77. The van der Waals surface area contributed by atoms with Crippen LogP contribution in [0.4, 0.5) is 0 Å². The number of hydrogen-bond donors (Lipinski definition) is 0. The number of halogens is 3. The van der Waals surface area contributed by atoms with Crippen molar-refractivity contribution in [1.29, 1.82) is 0 Å². The normalized spacial score (nSPS) is 7.43. The Labute approximate surface area is 62.2 Å². The van der Waals surface area contributed by atoms with Crippen LogP contribution in [0, 0.1) is 0 Å². The molecule has 0 bridgehead atoms. The van der Waals surface area contributed by atoms with Gasteiger partial charge in [0, 0.05) is 9.92 Å². The molecule has 0 aliphatic carbocycles. The number of hydrogen-bond acceptors (Lipinski definition) is 3. The molecule has 0 unspecified atom stereocenters. The number of rotatable bonds is 0. The summed E-state index contributed by atoms with van der Waals surface area (Å²) in [7, 11) is 11.3. The van der Waals surface area contributed by atoms with Crippen LogP contribution in [0.3, 0.4) is 0 Å². The summed E-state index contributed by atoms with van der Waals surface area (Å²) in [5.41, 5.74) is 0. The van der Waals surface area contributed by atoms with Crippen molar-refractivity contribution < 1.29 is 21.6 Å². The van der Waals surface area contributed by atoms with Crippen molar-refractivity contribution in [2.75, 3.05) is 0 Å². The molecule has 0 aliphatic rings. The van der Waals surface area contributed by atoms with Crippen LogP contribution in [0.5, 0.6) is 0 Å². The Morgan fingerprint density at radius 3 is 1.29 bits per heavy atom. The van der Waals surface area contributed by atoms with Gasteiger partial charge in [-0.15, -0.1) is 0 Å². The van der Waals surface area contributed by atoms with Crippen LogP contribution in [0.2, 0.25) is 0 Å². The zero-order valence-electron chi connectivity index (χ0n) is 2.71. The van der Waals surface area contributed by atoms with Crippen molar-refractivity contribution in [3.8, 4) is 0 Å². The van der Waals surface area contributed by atoms with E-state index in [1.165, 1.54) is 0 Å². The third-order valence-electron chi connectivity index (χ3n) is 0. The predicted octanol–water partition coefficient (Wildman–Crippen LogP) is 1.83. The van der Waals surface area contributed by atoms with Gasteiger partial charge < -0.3 is 8.42 Å². The Morgan fingerprint density at radius 1 is 1.29 bits per heavy atom. The molecule has 0 heterocycles. The fourth-order valence-corrected chi connectivity index (χ4v) is 0. The maximum absolute atomic E-state index is 8.77. The van der Waals surface area contributed by atoms with Crippen molar-refractivity contribution in [1.82, 2.24) is 0 Å². The summed E-state index contributed by atoms with van der Waals surface area (Å²) in [6, 6.07) is 0. The molecule has 0 amide bonds. The first-order valence-electron chi connectivity index (χ1n) is 0.755. The van der Waals surface area contributed by atoms with E-state index in [1.807, 2.05) is 0 Å². The molecule has 0 radical (unpaired) electrons. The summed E-state index contributed by atoms with van der Waals surface area (Å²) in [5.74, 6) is 0. The van der Waals surface area contributed by atoms with Crippen LogP contribution in [-0.2, 0) is 31.5 Å². The van der Waals surface area contributed by atoms with Crippen molar-refractivity contribution >= 4 is 40.8 Å². The first-order chi connectivity index (χ1) is 3.15. The molecule has 0 saturated carbocycles. The van der Waals surface area contributed by atoms with E-state index in [-0.39, 0.29) is 13.1 Å². The standard InChI is InChI=1S/ClO2S.2ClH.Fe/c1-4(2)3;;;/h;2*1H;/q-1;;;+3/p-2. The average molecular weight is 226 g/mol. The van der Waals surface area contributed by atoms with Crippen LogP contribution in [0.1, 0.15) is 0 Å². The fourth-order valence-electron chi connectivity index (χ4n) is 0. The van der Waals surface area contributed by atoms with Crippen molar-refractivity contribution in [2.45, 2.75) is 0 Å². The minimum atomic E-state index is -2.39. The van der Waals surface area contributed by atoms with Gasteiger partial charge in [0.2, 0.25) is 0 Å². The van der Waals surface area contributed by atoms with E-state index in [9.17, 15) is 0 Å². The van der Waals surface area contributed by atoms with Crippen LogP contribution in [0.25, 0.3) is 0 Å². The van der Waals surface area contributed by atoms with E-state index in [1.54, 1.807) is 0 Å². The molecule has 47 valence electrons. The van der Waals surface area contributed by atoms with Gasteiger partial charge in [0.25, 0.3) is 0 Å². The molecule has 7 heavy (non-hydrogen) atoms. The summed E-state index contributed by atoms with van der Waals surface area (Å²) >= 11 is 0.194. The molecular weight excluding hydrogens is 226 g/mol. The molecule has 0 spiro atoms. The topological polar surface area (TPSA) is 34.1 Å². The second kappa shape index (κ2) is 10.3. The van der Waals surface area contributed by atoms with Gasteiger partial charge in [0.1, 0.15) is 0 Å². The van der Waals surface area contributed by atoms with Gasteiger partial charge in [-0.05, 0) is 0 Å². The van der Waals surface area contributed by atoms with Gasteiger partial charge >= 0.3 is 33.3 Å². The molecule has 0 rings (SSSR count). The predicted molar refractivity (Wildman–Crippen MR) is 26.3 cm³/mol. The van der Waals surface area contributed by atoms with Crippen LogP contribution < -0.4 is 0 Å². The molecule has 2 nitrogen and oxygen atoms in total. The fraction of sp³-hybridized carbons (Fsp3) is 0. The Hall–Kier alpha value is 1.34. The monoisotopic (exact) mass is 225 g/mol. The molecular formula is Cl3FeO2S. The molecule has 0 aliphatic heterocycles. The van der Waals surface area contributed by atoms with Crippen LogP contribution in [-0.4, -0.2) is 0 Å². The molecule has 0 aromatic carbocycles. The van der Waals surface area contributed by atoms with Crippen molar-refractivity contribution in [3.05, 3.63) is 0 Å². The molecule has 0 N–H and O–H groups in total. The second-order valence-electron chi connectivity index (χ2n) is 0.245. The van der Waals surface area contributed by atoms with Gasteiger partial charge in [0.15, 0.2) is 0 Å². The van der Waals surface area contributed by atoms with E-state index >= 15 is 0 Å². The van der Waals surface area contributed by atoms with Gasteiger partial charge in [-0.1, -0.05) is 0 Å². The summed E-state index contributed by atoms with van der Waals surface area (Å²) in [6.45, 7) is 0. The van der Waals surface area contributed by atoms with Crippen LogP contribution in [0.15, 0.2) is 0 Å². The van der Waals surface area contributed by atoms with Gasteiger partial charge in [0.05, 0.1) is 0 Å². The zero-order valence-corrected chi connectivity index (χ0v) is 6.90. The second-order valence-corrected chi connectivity index (χ2v) is 3.21. The summed E-state index contributed by atoms with van der Waals surface area (Å²) in [5, 5.41) is 0. The van der Waals surface area contributed by atoms with Gasteiger partial charge in [-0.25, -0.2) is 0 Å².